The quantitative estimate of drug-likeness (QED) is 0.874. The highest BCUT2D eigenvalue weighted by Gasteiger charge is 2.07. The van der Waals surface area contributed by atoms with Gasteiger partial charge in [0.25, 0.3) is 0 Å². The summed E-state index contributed by atoms with van der Waals surface area (Å²) >= 11 is 1.28. The number of aryl methyl sites for hydroxylation is 2. The fourth-order valence-electron chi connectivity index (χ4n) is 1.40. The summed E-state index contributed by atoms with van der Waals surface area (Å²) < 4.78 is 4.06. The van der Waals surface area contributed by atoms with Gasteiger partial charge in [-0.3, -0.25) is 0 Å². The van der Waals surface area contributed by atoms with E-state index in [4.69, 9.17) is 5.11 Å². The molecule has 2 rings (SSSR count). The summed E-state index contributed by atoms with van der Waals surface area (Å²) in [7, 11) is 0. The zero-order valence-electron chi connectivity index (χ0n) is 9.39. The first kappa shape index (κ1) is 11.5. The smallest absolute Gasteiger partial charge is 0.335 e. The maximum atomic E-state index is 10.8. The standard InChI is InChI=1S/C11H11N3O2S/c1-6-5-8(10(15)16)3-4-9(6)13-11-12-7(2)14-17-11/h3-5H,1-2H3,(H,15,16)(H,12,13,14). The molecular formula is C11H11N3O2S. The Morgan fingerprint density at radius 2 is 2.18 bits per heavy atom. The third-order valence-electron chi connectivity index (χ3n) is 2.24. The maximum absolute atomic E-state index is 10.8. The number of rotatable bonds is 3. The van der Waals surface area contributed by atoms with Crippen LogP contribution >= 0.6 is 11.5 Å². The van der Waals surface area contributed by atoms with Crippen LogP contribution in [0, 0.1) is 13.8 Å². The fraction of sp³-hybridized carbons (Fsp3) is 0.182. The van der Waals surface area contributed by atoms with E-state index < -0.39 is 5.97 Å². The van der Waals surface area contributed by atoms with Crippen molar-refractivity contribution in [1.82, 2.24) is 9.36 Å². The molecule has 6 heteroatoms. The Morgan fingerprint density at radius 3 is 2.71 bits per heavy atom. The number of carboxylic acids is 1. The summed E-state index contributed by atoms with van der Waals surface area (Å²) in [6, 6.07) is 4.92. The van der Waals surface area contributed by atoms with E-state index in [1.54, 1.807) is 18.2 Å². The van der Waals surface area contributed by atoms with Crippen molar-refractivity contribution >= 4 is 28.3 Å². The molecule has 5 nitrogen and oxygen atoms in total. The number of hydrogen-bond acceptors (Lipinski definition) is 5. The molecule has 0 unspecified atom stereocenters. The highest BCUT2D eigenvalue weighted by Crippen LogP contribution is 2.22. The number of aromatic nitrogens is 2. The Balaban J connectivity index is 2.25. The SMILES string of the molecule is Cc1nsc(Nc2ccc(C(=O)O)cc2C)n1. The lowest BCUT2D eigenvalue weighted by molar-refractivity contribution is 0.0697. The van der Waals surface area contributed by atoms with Crippen LogP contribution in [0.15, 0.2) is 18.2 Å². The van der Waals surface area contributed by atoms with Crippen LogP contribution in [-0.4, -0.2) is 20.4 Å². The number of nitrogens with one attached hydrogen (secondary N) is 1. The van der Waals surface area contributed by atoms with Crippen LogP contribution in [0.3, 0.4) is 0 Å². The van der Waals surface area contributed by atoms with Gasteiger partial charge in [-0.15, -0.1) is 0 Å². The molecular weight excluding hydrogens is 238 g/mol. The average Bonchev–Trinajstić information content (AvgIpc) is 2.67. The molecule has 0 amide bonds. The maximum Gasteiger partial charge on any atom is 0.335 e. The van der Waals surface area contributed by atoms with Crippen molar-refractivity contribution in [3.8, 4) is 0 Å². The zero-order valence-corrected chi connectivity index (χ0v) is 10.2. The molecule has 1 aromatic carbocycles. The number of carbonyl (C=O) groups is 1. The minimum Gasteiger partial charge on any atom is -0.478 e. The van der Waals surface area contributed by atoms with Gasteiger partial charge in [0.2, 0.25) is 5.13 Å². The minimum absolute atomic E-state index is 0.279. The molecule has 0 atom stereocenters. The van der Waals surface area contributed by atoms with Gasteiger partial charge >= 0.3 is 5.97 Å². The van der Waals surface area contributed by atoms with Gasteiger partial charge in [-0.25, -0.2) is 9.78 Å². The lowest BCUT2D eigenvalue weighted by Crippen LogP contribution is -1.99. The second-order valence-corrected chi connectivity index (χ2v) is 4.36. The Hall–Kier alpha value is -1.95. The molecule has 88 valence electrons. The number of nitrogens with zero attached hydrogens (tertiary/aromatic N) is 2. The molecule has 2 aromatic rings. The van der Waals surface area contributed by atoms with Crippen molar-refractivity contribution in [1.29, 1.82) is 0 Å². The van der Waals surface area contributed by atoms with Crippen LogP contribution in [0.2, 0.25) is 0 Å². The highest BCUT2D eigenvalue weighted by molar-refractivity contribution is 7.09. The highest BCUT2D eigenvalue weighted by atomic mass is 32.1. The predicted molar refractivity (Wildman–Crippen MR) is 66.1 cm³/mol. The molecule has 1 heterocycles. The number of carboxylic acid groups (broad SMARTS) is 1. The predicted octanol–water partition coefficient (Wildman–Crippen LogP) is 2.60. The molecule has 0 aliphatic rings. The van der Waals surface area contributed by atoms with Crippen LogP contribution in [-0.2, 0) is 0 Å². The third-order valence-corrected chi connectivity index (χ3v) is 2.96. The van der Waals surface area contributed by atoms with Gasteiger partial charge in [-0.1, -0.05) is 0 Å². The second-order valence-electron chi connectivity index (χ2n) is 3.61. The molecule has 17 heavy (non-hydrogen) atoms. The van der Waals surface area contributed by atoms with Crippen molar-refractivity contribution in [2.75, 3.05) is 5.32 Å². The third kappa shape index (κ3) is 2.59. The minimum atomic E-state index is -0.925. The average molecular weight is 249 g/mol. The summed E-state index contributed by atoms with van der Waals surface area (Å²) in [4.78, 5) is 15.0. The van der Waals surface area contributed by atoms with E-state index in [-0.39, 0.29) is 5.56 Å². The molecule has 0 aliphatic carbocycles. The van der Waals surface area contributed by atoms with Crippen LogP contribution in [0.5, 0.6) is 0 Å². The van der Waals surface area contributed by atoms with Crippen LogP contribution < -0.4 is 5.32 Å². The van der Waals surface area contributed by atoms with Gasteiger partial charge in [0.1, 0.15) is 5.82 Å². The van der Waals surface area contributed by atoms with Gasteiger partial charge in [-0.2, -0.15) is 4.37 Å². The summed E-state index contributed by atoms with van der Waals surface area (Å²) in [6.45, 7) is 3.67. The lowest BCUT2D eigenvalue weighted by Gasteiger charge is -2.06. The van der Waals surface area contributed by atoms with Crippen molar-refractivity contribution in [3.63, 3.8) is 0 Å². The van der Waals surface area contributed by atoms with Gasteiger partial charge in [-0.05, 0) is 37.6 Å². The lowest BCUT2D eigenvalue weighted by atomic mass is 10.1. The van der Waals surface area contributed by atoms with E-state index in [2.05, 4.69) is 14.7 Å². The van der Waals surface area contributed by atoms with Crippen molar-refractivity contribution in [2.24, 2.45) is 0 Å². The Labute approximate surface area is 102 Å². The molecule has 0 saturated heterocycles. The van der Waals surface area contributed by atoms with E-state index in [9.17, 15) is 4.79 Å². The molecule has 0 saturated carbocycles. The number of aromatic carboxylic acids is 1. The van der Waals surface area contributed by atoms with Crippen molar-refractivity contribution < 1.29 is 9.90 Å². The summed E-state index contributed by atoms with van der Waals surface area (Å²) in [6.07, 6.45) is 0. The molecule has 2 N–H and O–H groups in total. The first-order chi connectivity index (χ1) is 8.06. The van der Waals surface area contributed by atoms with Gasteiger partial charge in [0, 0.05) is 17.2 Å². The summed E-state index contributed by atoms with van der Waals surface area (Å²) in [5.41, 5.74) is 1.98. The first-order valence-corrected chi connectivity index (χ1v) is 5.75. The fourth-order valence-corrected chi connectivity index (χ4v) is 1.99. The topological polar surface area (TPSA) is 75.1 Å². The van der Waals surface area contributed by atoms with E-state index in [1.807, 2.05) is 13.8 Å². The Kier molecular flexibility index (Phi) is 3.06. The molecule has 0 spiro atoms. The van der Waals surface area contributed by atoms with E-state index >= 15 is 0 Å². The zero-order chi connectivity index (χ0) is 12.4. The van der Waals surface area contributed by atoms with Crippen molar-refractivity contribution in [3.05, 3.63) is 35.2 Å². The molecule has 0 fully saturated rings. The van der Waals surface area contributed by atoms with E-state index in [0.717, 1.165) is 17.1 Å². The van der Waals surface area contributed by atoms with Gasteiger partial charge in [0.15, 0.2) is 0 Å². The van der Waals surface area contributed by atoms with Gasteiger partial charge in [0.05, 0.1) is 5.56 Å². The molecule has 0 aliphatic heterocycles. The molecule has 1 aromatic heterocycles. The summed E-state index contributed by atoms with van der Waals surface area (Å²) in [5.74, 6) is -0.205. The summed E-state index contributed by atoms with van der Waals surface area (Å²) in [5, 5.41) is 12.7. The van der Waals surface area contributed by atoms with E-state index in [1.165, 1.54) is 11.5 Å². The number of benzene rings is 1. The Bertz CT molecular complexity index is 566. The van der Waals surface area contributed by atoms with Crippen LogP contribution in [0.1, 0.15) is 21.7 Å². The molecule has 0 bridgehead atoms. The molecule has 0 radical (unpaired) electrons. The first-order valence-electron chi connectivity index (χ1n) is 4.97. The van der Waals surface area contributed by atoms with Gasteiger partial charge < -0.3 is 10.4 Å². The number of anilines is 2. The Morgan fingerprint density at radius 1 is 1.41 bits per heavy atom. The second kappa shape index (κ2) is 4.50. The normalized spacial score (nSPS) is 10.2. The number of hydrogen-bond donors (Lipinski definition) is 2. The van der Waals surface area contributed by atoms with E-state index in [0.29, 0.717) is 5.13 Å². The monoisotopic (exact) mass is 249 g/mol. The van der Waals surface area contributed by atoms with Crippen LogP contribution in [0.25, 0.3) is 0 Å². The van der Waals surface area contributed by atoms with Crippen molar-refractivity contribution in [2.45, 2.75) is 13.8 Å². The van der Waals surface area contributed by atoms with Crippen LogP contribution in [0.4, 0.5) is 10.8 Å². The largest absolute Gasteiger partial charge is 0.478 e.